The molecular formula is C43H80NO11P. The molecular weight excluding hydrogens is 737 g/mol. The summed E-state index contributed by atoms with van der Waals surface area (Å²) in [5, 5.41) is 9.34. The second-order valence-electron chi connectivity index (χ2n) is 15.7. The van der Waals surface area contributed by atoms with E-state index in [0.29, 0.717) is 19.4 Å². The standard InChI is InChI=1S/C43H80NO11P/c1-3-5-7-8-9-10-11-12-13-14-15-16-17-18-21-25-32-49-35-38(36-51-56(47,48)50-33-31-44)52-43(45)28-24-20-19-23-27-39-40(42-34-41(39)54-55-42)30-29-37(53-46)26-22-6-4-2/h19,23,29-30,37-42,46H,3-18,20-22,24-28,31-36,44H2,1-2H3,(H,47,48)/b23-19-,30-29+. The number of fused-ring (bicyclic) bond motifs is 2. The maximum absolute atomic E-state index is 12.7. The summed E-state index contributed by atoms with van der Waals surface area (Å²) < 4.78 is 33.5. The van der Waals surface area contributed by atoms with Gasteiger partial charge in [-0.3, -0.25) is 19.1 Å². The average Bonchev–Trinajstić information content (AvgIpc) is 3.80. The molecule has 4 N–H and O–H groups in total. The number of allylic oxidation sites excluding steroid dienone is 2. The van der Waals surface area contributed by atoms with Crippen molar-refractivity contribution in [1.29, 1.82) is 0 Å². The van der Waals surface area contributed by atoms with E-state index in [1.165, 1.54) is 89.9 Å². The molecule has 7 unspecified atom stereocenters. The fraction of sp³-hybridized carbons (Fsp3) is 0.884. The maximum atomic E-state index is 12.7. The van der Waals surface area contributed by atoms with E-state index in [1.807, 2.05) is 6.08 Å². The molecule has 0 radical (unpaired) electrons. The maximum Gasteiger partial charge on any atom is 0.472 e. The molecule has 2 bridgehead atoms. The number of carbonyl (C=O) groups excluding carboxylic acids is 1. The lowest BCUT2D eigenvalue weighted by Crippen LogP contribution is -2.29. The van der Waals surface area contributed by atoms with Gasteiger partial charge in [-0.1, -0.05) is 154 Å². The number of esters is 1. The molecule has 2 aliphatic rings. The Balaban J connectivity index is 1.63. The van der Waals surface area contributed by atoms with Gasteiger partial charge in [0.2, 0.25) is 0 Å². The van der Waals surface area contributed by atoms with Crippen molar-refractivity contribution >= 4 is 13.8 Å². The second-order valence-corrected chi connectivity index (χ2v) is 17.2. The number of phosphoric ester groups is 1. The van der Waals surface area contributed by atoms with E-state index in [4.69, 9.17) is 38.9 Å². The normalized spacial score (nSPS) is 21.7. The van der Waals surface area contributed by atoms with E-state index in [2.05, 4.69) is 32.1 Å². The molecule has 1 aliphatic carbocycles. The van der Waals surface area contributed by atoms with Gasteiger partial charge in [0, 0.05) is 37.8 Å². The highest BCUT2D eigenvalue weighted by molar-refractivity contribution is 7.47. The zero-order valence-electron chi connectivity index (χ0n) is 35.1. The first-order valence-electron chi connectivity index (χ1n) is 22.4. The number of unbranched alkanes of at least 4 members (excludes halogenated alkanes) is 18. The first-order valence-corrected chi connectivity index (χ1v) is 23.9. The SMILES string of the molecule is CCCCCCCCCCCCCCCCCCOCC(COP(=O)(O)OCCN)OC(=O)CCC/C=C\CC1C2CC(OO2)C1/C=C/C(CCCCC)OO. The zero-order chi connectivity index (χ0) is 40.5. The monoisotopic (exact) mass is 818 g/mol. The van der Waals surface area contributed by atoms with Crippen LogP contribution in [-0.4, -0.2) is 73.5 Å². The Morgan fingerprint density at radius 3 is 2.02 bits per heavy atom. The van der Waals surface area contributed by atoms with Crippen LogP contribution in [0, 0.1) is 11.8 Å². The first kappa shape index (κ1) is 51.0. The van der Waals surface area contributed by atoms with Gasteiger partial charge in [-0.25, -0.2) is 19.2 Å². The summed E-state index contributed by atoms with van der Waals surface area (Å²) in [6, 6.07) is 0. The zero-order valence-corrected chi connectivity index (χ0v) is 36.0. The average molecular weight is 818 g/mol. The van der Waals surface area contributed by atoms with Gasteiger partial charge in [0.05, 0.1) is 25.9 Å². The molecule has 328 valence electrons. The van der Waals surface area contributed by atoms with Crippen LogP contribution in [0.2, 0.25) is 0 Å². The van der Waals surface area contributed by atoms with E-state index in [1.54, 1.807) is 0 Å². The summed E-state index contributed by atoms with van der Waals surface area (Å²) in [5.41, 5.74) is 5.38. The molecule has 12 nitrogen and oxygen atoms in total. The van der Waals surface area contributed by atoms with Gasteiger partial charge in [-0.15, -0.1) is 0 Å². The third-order valence-electron chi connectivity index (χ3n) is 10.8. The Bertz CT molecular complexity index is 1060. The van der Waals surface area contributed by atoms with E-state index in [-0.39, 0.29) is 62.9 Å². The van der Waals surface area contributed by atoms with Crippen molar-refractivity contribution in [2.24, 2.45) is 17.6 Å². The van der Waals surface area contributed by atoms with Crippen molar-refractivity contribution in [3.63, 3.8) is 0 Å². The molecule has 56 heavy (non-hydrogen) atoms. The van der Waals surface area contributed by atoms with Gasteiger partial charge < -0.3 is 20.1 Å². The minimum absolute atomic E-state index is 0.00111. The van der Waals surface area contributed by atoms with Crippen LogP contribution >= 0.6 is 7.82 Å². The van der Waals surface area contributed by atoms with Crippen LogP contribution < -0.4 is 5.73 Å². The third-order valence-corrected chi connectivity index (χ3v) is 11.8. The topological polar surface area (TPSA) is 165 Å². The van der Waals surface area contributed by atoms with Gasteiger partial charge in [0.15, 0.2) is 0 Å². The molecule has 0 aromatic rings. The summed E-state index contributed by atoms with van der Waals surface area (Å²) in [7, 11) is -4.33. The quantitative estimate of drug-likeness (QED) is 0.0134. The summed E-state index contributed by atoms with van der Waals surface area (Å²) in [6.07, 6.45) is 35.0. The van der Waals surface area contributed by atoms with Gasteiger partial charge in [0.1, 0.15) is 18.3 Å². The molecule has 0 aromatic carbocycles. The van der Waals surface area contributed by atoms with E-state index >= 15 is 0 Å². The van der Waals surface area contributed by atoms with Crippen molar-refractivity contribution < 1.29 is 52.7 Å². The van der Waals surface area contributed by atoms with Gasteiger partial charge in [0.25, 0.3) is 0 Å². The Morgan fingerprint density at radius 1 is 0.786 bits per heavy atom. The highest BCUT2D eigenvalue weighted by Crippen LogP contribution is 2.45. The van der Waals surface area contributed by atoms with Gasteiger partial charge >= 0.3 is 13.8 Å². The van der Waals surface area contributed by atoms with E-state index in [9.17, 15) is 19.5 Å². The van der Waals surface area contributed by atoms with E-state index in [0.717, 1.165) is 51.4 Å². The van der Waals surface area contributed by atoms with Crippen molar-refractivity contribution in [1.82, 2.24) is 0 Å². The Hall–Kier alpha value is -1.18. The van der Waals surface area contributed by atoms with Crippen LogP contribution in [0.3, 0.4) is 0 Å². The highest BCUT2D eigenvalue weighted by atomic mass is 31.2. The molecule has 1 heterocycles. The molecule has 1 saturated heterocycles. The van der Waals surface area contributed by atoms with Crippen molar-refractivity contribution in [3.8, 4) is 0 Å². The van der Waals surface area contributed by atoms with Crippen LogP contribution in [0.15, 0.2) is 24.3 Å². The predicted octanol–water partition coefficient (Wildman–Crippen LogP) is 10.7. The summed E-state index contributed by atoms with van der Waals surface area (Å²) >= 11 is 0. The number of carbonyl (C=O) groups is 1. The molecule has 0 aromatic heterocycles. The van der Waals surface area contributed by atoms with Crippen LogP contribution in [0.5, 0.6) is 0 Å². The largest absolute Gasteiger partial charge is 0.472 e. The molecule has 0 spiro atoms. The molecule has 2 fully saturated rings. The molecule has 1 saturated carbocycles. The third kappa shape index (κ3) is 24.7. The number of hydrogen-bond donors (Lipinski definition) is 3. The van der Waals surface area contributed by atoms with Gasteiger partial charge in [-0.05, 0) is 32.1 Å². The van der Waals surface area contributed by atoms with Crippen molar-refractivity contribution in [2.75, 3.05) is 33.0 Å². The van der Waals surface area contributed by atoms with Crippen LogP contribution in [0.4, 0.5) is 0 Å². The molecule has 2 rings (SSSR count). The van der Waals surface area contributed by atoms with Crippen LogP contribution in [0.25, 0.3) is 0 Å². The molecule has 0 amide bonds. The Labute approximate surface area is 339 Å². The van der Waals surface area contributed by atoms with Crippen molar-refractivity contribution in [3.05, 3.63) is 24.3 Å². The lowest BCUT2D eigenvalue weighted by atomic mass is 9.89. The summed E-state index contributed by atoms with van der Waals surface area (Å²) in [6.45, 7) is 4.62. The number of ether oxygens (including phenoxy) is 2. The van der Waals surface area contributed by atoms with Crippen LogP contribution in [-0.2, 0) is 42.5 Å². The Morgan fingerprint density at radius 2 is 1.39 bits per heavy atom. The number of nitrogens with two attached hydrogens (primary N) is 1. The second kappa shape index (κ2) is 33.6. The van der Waals surface area contributed by atoms with Crippen LogP contribution in [0.1, 0.15) is 174 Å². The minimum atomic E-state index is -4.33. The highest BCUT2D eigenvalue weighted by Gasteiger charge is 2.49. The first-order chi connectivity index (χ1) is 27.3. The van der Waals surface area contributed by atoms with E-state index < -0.39 is 19.9 Å². The number of rotatable bonds is 39. The summed E-state index contributed by atoms with van der Waals surface area (Å²) in [4.78, 5) is 38.4. The fourth-order valence-corrected chi connectivity index (χ4v) is 8.26. The predicted molar refractivity (Wildman–Crippen MR) is 221 cm³/mol. The lowest BCUT2D eigenvalue weighted by molar-refractivity contribution is -0.336. The van der Waals surface area contributed by atoms with Crippen molar-refractivity contribution in [2.45, 2.75) is 199 Å². The molecule has 1 aliphatic heterocycles. The fourth-order valence-electron chi connectivity index (χ4n) is 7.49. The van der Waals surface area contributed by atoms with Gasteiger partial charge in [-0.2, -0.15) is 0 Å². The molecule has 7 atom stereocenters. The smallest absolute Gasteiger partial charge is 0.457 e. The number of phosphoric acid groups is 1. The Kier molecular flexibility index (Phi) is 30.6. The summed E-state index contributed by atoms with van der Waals surface area (Å²) in [5.74, 6) is 0.0205. The molecule has 13 heteroatoms. The number of hydrogen-bond acceptors (Lipinski definition) is 11. The minimum Gasteiger partial charge on any atom is -0.457 e. The lowest BCUT2D eigenvalue weighted by Gasteiger charge is -2.27.